The van der Waals surface area contributed by atoms with E-state index >= 15 is 0 Å². The molecule has 0 radical (unpaired) electrons. The van der Waals surface area contributed by atoms with Crippen LogP contribution in [0.15, 0.2) is 49.2 Å². The van der Waals surface area contributed by atoms with Crippen LogP contribution in [0.1, 0.15) is 51.4 Å². The second-order valence-electron chi connectivity index (χ2n) is 10.3. The number of nitrogens with one attached hydrogen (secondary N) is 2. The van der Waals surface area contributed by atoms with Crippen molar-refractivity contribution >= 4 is 27.5 Å². The lowest BCUT2D eigenvalue weighted by Gasteiger charge is -2.28. The van der Waals surface area contributed by atoms with E-state index in [2.05, 4.69) is 48.2 Å². The zero-order chi connectivity index (χ0) is 24.6. The lowest BCUT2D eigenvalue weighted by molar-refractivity contribution is 0.154. The standard InChI is InChI=1S/C29H31N7O/c1-3-7-20(8-4-1)37-21-11-19(14-30-15-21)24-13-23-27(17-32-24)34-35-29(23)25-12-22-26(33-25)16-31-18-28(22)36-9-5-2-6-10-36/h11-18,20,33H,1-10H2,(H,34,35). The topological polar surface area (TPSA) is 95.6 Å². The summed E-state index contributed by atoms with van der Waals surface area (Å²) in [5, 5.41) is 10.0. The van der Waals surface area contributed by atoms with Crippen molar-refractivity contribution in [1.82, 2.24) is 30.1 Å². The van der Waals surface area contributed by atoms with Gasteiger partial charge >= 0.3 is 0 Å². The summed E-state index contributed by atoms with van der Waals surface area (Å²) in [6.07, 6.45) is 19.5. The Bertz CT molecular complexity index is 1540. The highest BCUT2D eigenvalue weighted by molar-refractivity contribution is 6.00. The number of anilines is 1. The predicted molar refractivity (Wildman–Crippen MR) is 146 cm³/mol. The van der Waals surface area contributed by atoms with Crippen LogP contribution in [0.4, 0.5) is 5.69 Å². The molecule has 1 aliphatic heterocycles. The Kier molecular flexibility index (Phi) is 5.72. The fraction of sp³-hybridized carbons (Fsp3) is 0.379. The van der Waals surface area contributed by atoms with E-state index in [-0.39, 0.29) is 6.10 Å². The molecule has 188 valence electrons. The molecule has 8 nitrogen and oxygen atoms in total. The lowest BCUT2D eigenvalue weighted by Crippen LogP contribution is -2.29. The minimum Gasteiger partial charge on any atom is -0.489 e. The van der Waals surface area contributed by atoms with E-state index in [0.29, 0.717) is 0 Å². The first-order chi connectivity index (χ1) is 18.3. The highest BCUT2D eigenvalue weighted by atomic mass is 16.5. The summed E-state index contributed by atoms with van der Waals surface area (Å²) in [7, 11) is 0. The van der Waals surface area contributed by atoms with Crippen LogP contribution in [0.2, 0.25) is 0 Å². The molecule has 2 aliphatic rings. The molecule has 8 heteroatoms. The molecule has 0 amide bonds. The summed E-state index contributed by atoms with van der Waals surface area (Å²) in [5.74, 6) is 0.812. The number of ether oxygens (including phenoxy) is 1. The van der Waals surface area contributed by atoms with E-state index in [4.69, 9.17) is 9.72 Å². The maximum Gasteiger partial charge on any atom is 0.138 e. The van der Waals surface area contributed by atoms with Crippen LogP contribution in [0, 0.1) is 0 Å². The van der Waals surface area contributed by atoms with Gasteiger partial charge in [0, 0.05) is 35.6 Å². The first kappa shape index (κ1) is 22.3. The number of aromatic amines is 2. The molecule has 2 N–H and O–H groups in total. The maximum absolute atomic E-state index is 6.25. The third-order valence-corrected chi connectivity index (χ3v) is 7.79. The van der Waals surface area contributed by atoms with E-state index < -0.39 is 0 Å². The summed E-state index contributed by atoms with van der Waals surface area (Å²) < 4.78 is 6.25. The molecule has 0 bridgehead atoms. The van der Waals surface area contributed by atoms with Crippen molar-refractivity contribution in [2.24, 2.45) is 0 Å². The number of H-pyrrole nitrogens is 2. The SMILES string of the molecule is c1ncc(-c2cc3c(-c4cc5c(N6CCCCC6)cncc5[nH]4)n[nH]c3cn2)cc1OC1CCCCC1. The number of rotatable bonds is 5. The maximum atomic E-state index is 6.25. The second-order valence-corrected chi connectivity index (χ2v) is 10.3. The van der Waals surface area contributed by atoms with Crippen molar-refractivity contribution in [3.63, 3.8) is 0 Å². The van der Waals surface area contributed by atoms with Gasteiger partial charge in [0.05, 0.1) is 59.0 Å². The van der Waals surface area contributed by atoms with Gasteiger partial charge in [-0.05, 0) is 63.1 Å². The molecule has 1 saturated heterocycles. The highest BCUT2D eigenvalue weighted by Crippen LogP contribution is 2.35. The van der Waals surface area contributed by atoms with Crippen molar-refractivity contribution in [3.05, 3.63) is 49.2 Å². The quantitative estimate of drug-likeness (QED) is 0.300. The van der Waals surface area contributed by atoms with Gasteiger partial charge in [0.1, 0.15) is 11.4 Å². The fourth-order valence-corrected chi connectivity index (χ4v) is 5.83. The van der Waals surface area contributed by atoms with Crippen molar-refractivity contribution in [2.75, 3.05) is 18.0 Å². The van der Waals surface area contributed by atoms with Gasteiger partial charge < -0.3 is 14.6 Å². The fourth-order valence-electron chi connectivity index (χ4n) is 5.83. The lowest BCUT2D eigenvalue weighted by atomic mass is 9.98. The summed E-state index contributed by atoms with van der Waals surface area (Å²) in [5.41, 5.74) is 6.76. The molecule has 0 atom stereocenters. The van der Waals surface area contributed by atoms with Crippen LogP contribution in [0.5, 0.6) is 5.75 Å². The van der Waals surface area contributed by atoms with Gasteiger partial charge in [-0.2, -0.15) is 5.10 Å². The molecule has 6 heterocycles. The number of aromatic nitrogens is 6. The normalized spacial score (nSPS) is 17.0. The molecule has 1 saturated carbocycles. The number of nitrogens with zero attached hydrogens (tertiary/aromatic N) is 5. The Morgan fingerprint density at radius 1 is 0.784 bits per heavy atom. The zero-order valence-corrected chi connectivity index (χ0v) is 20.9. The summed E-state index contributed by atoms with van der Waals surface area (Å²) in [6, 6.07) is 6.34. The summed E-state index contributed by atoms with van der Waals surface area (Å²) in [4.78, 5) is 19.7. The predicted octanol–water partition coefficient (Wildman–Crippen LogP) is 6.27. The van der Waals surface area contributed by atoms with Crippen molar-refractivity contribution in [3.8, 4) is 28.4 Å². The molecular formula is C29H31N7O. The molecule has 37 heavy (non-hydrogen) atoms. The molecule has 5 aromatic heterocycles. The van der Waals surface area contributed by atoms with Crippen LogP contribution >= 0.6 is 0 Å². The largest absolute Gasteiger partial charge is 0.489 e. The molecule has 2 fully saturated rings. The van der Waals surface area contributed by atoms with Gasteiger partial charge in [-0.15, -0.1) is 0 Å². The Hall–Kier alpha value is -3.94. The van der Waals surface area contributed by atoms with Crippen molar-refractivity contribution in [1.29, 1.82) is 0 Å². The van der Waals surface area contributed by atoms with Crippen LogP contribution in [0.25, 0.3) is 44.5 Å². The molecule has 0 aromatic carbocycles. The molecule has 0 spiro atoms. The number of hydrogen-bond donors (Lipinski definition) is 2. The van der Waals surface area contributed by atoms with E-state index in [1.54, 1.807) is 6.20 Å². The average molecular weight is 494 g/mol. The zero-order valence-electron chi connectivity index (χ0n) is 20.9. The highest BCUT2D eigenvalue weighted by Gasteiger charge is 2.19. The summed E-state index contributed by atoms with van der Waals surface area (Å²) >= 11 is 0. The second kappa shape index (κ2) is 9.50. The first-order valence-electron chi connectivity index (χ1n) is 13.5. The number of piperidine rings is 1. The van der Waals surface area contributed by atoms with Gasteiger partial charge in [-0.25, -0.2) is 0 Å². The Labute approximate surface area is 215 Å². The van der Waals surface area contributed by atoms with Gasteiger partial charge in [0.25, 0.3) is 0 Å². The Morgan fingerprint density at radius 3 is 2.51 bits per heavy atom. The smallest absolute Gasteiger partial charge is 0.138 e. The average Bonchev–Trinajstić information content (AvgIpc) is 3.58. The minimum absolute atomic E-state index is 0.285. The van der Waals surface area contributed by atoms with Gasteiger partial charge in [-0.1, -0.05) is 6.42 Å². The molecule has 5 aromatic rings. The first-order valence-corrected chi connectivity index (χ1v) is 13.5. The van der Waals surface area contributed by atoms with Gasteiger partial charge in [0.15, 0.2) is 0 Å². The Morgan fingerprint density at radius 2 is 1.62 bits per heavy atom. The molecule has 0 unspecified atom stereocenters. The minimum atomic E-state index is 0.285. The van der Waals surface area contributed by atoms with E-state index in [0.717, 1.165) is 70.7 Å². The molecule has 7 rings (SSSR count). The van der Waals surface area contributed by atoms with Crippen molar-refractivity contribution in [2.45, 2.75) is 57.5 Å². The summed E-state index contributed by atoms with van der Waals surface area (Å²) in [6.45, 7) is 2.17. The van der Waals surface area contributed by atoms with Crippen molar-refractivity contribution < 1.29 is 4.74 Å². The van der Waals surface area contributed by atoms with E-state index in [9.17, 15) is 0 Å². The van der Waals surface area contributed by atoms with Crippen LogP contribution in [-0.4, -0.2) is 49.3 Å². The van der Waals surface area contributed by atoms with Crippen LogP contribution in [-0.2, 0) is 0 Å². The Balaban J connectivity index is 1.23. The monoisotopic (exact) mass is 493 g/mol. The number of fused-ring (bicyclic) bond motifs is 2. The van der Waals surface area contributed by atoms with Crippen LogP contribution in [0.3, 0.4) is 0 Å². The number of hydrogen-bond acceptors (Lipinski definition) is 6. The number of pyridine rings is 3. The van der Waals surface area contributed by atoms with Crippen LogP contribution < -0.4 is 9.64 Å². The van der Waals surface area contributed by atoms with Gasteiger partial charge in [-0.3, -0.25) is 20.1 Å². The molecule has 1 aliphatic carbocycles. The third kappa shape index (κ3) is 4.30. The van der Waals surface area contributed by atoms with E-state index in [1.807, 2.05) is 24.8 Å². The van der Waals surface area contributed by atoms with E-state index in [1.165, 1.54) is 49.6 Å². The van der Waals surface area contributed by atoms with Gasteiger partial charge in [0.2, 0.25) is 0 Å². The third-order valence-electron chi connectivity index (χ3n) is 7.79. The molecular weight excluding hydrogens is 462 g/mol.